The third kappa shape index (κ3) is 3.95. The van der Waals surface area contributed by atoms with Crippen LogP contribution in [0, 0.1) is 18.3 Å². The number of carbonyl (C=O) groups is 1. The molecule has 0 fully saturated rings. The second-order valence-electron chi connectivity index (χ2n) is 6.85. The number of anilines is 1. The second-order valence-corrected chi connectivity index (χ2v) is 7.29. The molecule has 28 heavy (non-hydrogen) atoms. The number of fused-ring (bicyclic) bond motifs is 1. The summed E-state index contributed by atoms with van der Waals surface area (Å²) in [6, 6.07) is 15.6. The van der Waals surface area contributed by atoms with Crippen molar-refractivity contribution in [3.05, 3.63) is 70.4 Å². The number of halogens is 1. The van der Waals surface area contributed by atoms with E-state index in [0.29, 0.717) is 16.8 Å². The Balaban J connectivity index is 2.00. The fraction of sp³-hybridized carbons (Fsp3) is 0.217. The lowest BCUT2D eigenvalue weighted by molar-refractivity contribution is -0.112. The Morgan fingerprint density at radius 1 is 1.32 bits per heavy atom. The van der Waals surface area contributed by atoms with E-state index in [0.717, 1.165) is 28.5 Å². The first-order valence-electron chi connectivity index (χ1n) is 9.23. The molecule has 0 aliphatic carbocycles. The molecule has 0 saturated carbocycles. The van der Waals surface area contributed by atoms with Crippen LogP contribution in [0.25, 0.3) is 17.0 Å². The van der Waals surface area contributed by atoms with Crippen molar-refractivity contribution < 1.29 is 4.79 Å². The Morgan fingerprint density at radius 3 is 2.79 bits per heavy atom. The lowest BCUT2D eigenvalue weighted by Crippen LogP contribution is -2.14. The topological polar surface area (TPSA) is 57.8 Å². The third-order valence-corrected chi connectivity index (χ3v) is 5.18. The van der Waals surface area contributed by atoms with Crippen LogP contribution in [0.5, 0.6) is 0 Å². The van der Waals surface area contributed by atoms with E-state index >= 15 is 0 Å². The molecular formula is C23H22ClN3O. The number of carbonyl (C=O) groups excluding carboxylic acids is 1. The van der Waals surface area contributed by atoms with E-state index in [-0.39, 0.29) is 5.57 Å². The summed E-state index contributed by atoms with van der Waals surface area (Å²) in [5.41, 5.74) is 3.47. The maximum atomic E-state index is 12.7. The Hall–Kier alpha value is -3.03. The van der Waals surface area contributed by atoms with Crippen LogP contribution in [0.2, 0.25) is 5.02 Å². The standard InChI is InChI=1S/C23H22ClN3O/c1-4-16(3)27-14-18(20-7-5-6-8-22(20)27)11-17(13-25)23(28)26-21-12-19(24)10-9-15(21)2/h5-12,14,16H,4H2,1-3H3,(H,26,28). The van der Waals surface area contributed by atoms with Gasteiger partial charge in [-0.15, -0.1) is 0 Å². The van der Waals surface area contributed by atoms with E-state index in [2.05, 4.69) is 29.8 Å². The molecule has 0 spiro atoms. The molecular weight excluding hydrogens is 370 g/mol. The largest absolute Gasteiger partial charge is 0.344 e. The average Bonchev–Trinajstić information content (AvgIpc) is 3.06. The summed E-state index contributed by atoms with van der Waals surface area (Å²) in [6.07, 6.45) is 4.64. The molecule has 3 aromatic rings. The van der Waals surface area contributed by atoms with Gasteiger partial charge in [0.1, 0.15) is 11.6 Å². The van der Waals surface area contributed by atoms with Crippen LogP contribution in [-0.4, -0.2) is 10.5 Å². The molecule has 2 aromatic carbocycles. The normalized spacial score (nSPS) is 12.6. The van der Waals surface area contributed by atoms with E-state index in [1.807, 2.05) is 43.5 Å². The first-order chi connectivity index (χ1) is 13.4. The van der Waals surface area contributed by atoms with Gasteiger partial charge in [0.05, 0.1) is 0 Å². The van der Waals surface area contributed by atoms with Crippen molar-refractivity contribution in [3.8, 4) is 6.07 Å². The molecule has 0 aliphatic rings. The highest BCUT2D eigenvalue weighted by atomic mass is 35.5. The number of nitrogens with one attached hydrogen (secondary N) is 1. The van der Waals surface area contributed by atoms with Gasteiger partial charge in [-0.25, -0.2) is 0 Å². The Morgan fingerprint density at radius 2 is 2.07 bits per heavy atom. The molecule has 3 rings (SSSR count). The van der Waals surface area contributed by atoms with Crippen LogP contribution >= 0.6 is 11.6 Å². The van der Waals surface area contributed by atoms with Crippen LogP contribution in [-0.2, 0) is 4.79 Å². The van der Waals surface area contributed by atoms with Crippen molar-refractivity contribution in [2.45, 2.75) is 33.2 Å². The van der Waals surface area contributed by atoms with Crippen molar-refractivity contribution in [2.75, 3.05) is 5.32 Å². The van der Waals surface area contributed by atoms with E-state index in [1.54, 1.807) is 18.2 Å². The Kier molecular flexibility index (Phi) is 5.87. The number of aromatic nitrogens is 1. The molecule has 0 aliphatic heterocycles. The summed E-state index contributed by atoms with van der Waals surface area (Å²) in [6.45, 7) is 6.16. The predicted molar refractivity (Wildman–Crippen MR) is 115 cm³/mol. The first-order valence-corrected chi connectivity index (χ1v) is 9.61. The minimum atomic E-state index is -0.451. The van der Waals surface area contributed by atoms with Crippen molar-refractivity contribution in [2.24, 2.45) is 0 Å². The number of hydrogen-bond donors (Lipinski definition) is 1. The quantitative estimate of drug-likeness (QED) is 0.420. The van der Waals surface area contributed by atoms with Crippen LogP contribution < -0.4 is 5.32 Å². The summed E-state index contributed by atoms with van der Waals surface area (Å²) < 4.78 is 2.19. The minimum absolute atomic E-state index is 0.0476. The van der Waals surface area contributed by atoms with Gasteiger partial charge in [0.2, 0.25) is 0 Å². The highest BCUT2D eigenvalue weighted by Crippen LogP contribution is 2.28. The van der Waals surface area contributed by atoms with E-state index in [4.69, 9.17) is 11.6 Å². The van der Waals surface area contributed by atoms with Gasteiger partial charge in [0.15, 0.2) is 0 Å². The van der Waals surface area contributed by atoms with E-state index < -0.39 is 5.91 Å². The molecule has 5 heteroatoms. The lowest BCUT2D eigenvalue weighted by Gasteiger charge is -2.12. The van der Waals surface area contributed by atoms with Crippen LogP contribution in [0.1, 0.15) is 37.4 Å². The fourth-order valence-electron chi connectivity index (χ4n) is 3.13. The van der Waals surface area contributed by atoms with Crippen LogP contribution in [0.3, 0.4) is 0 Å². The van der Waals surface area contributed by atoms with Gasteiger partial charge in [-0.05, 0) is 50.1 Å². The number of aryl methyl sites for hydroxylation is 1. The average molecular weight is 392 g/mol. The molecule has 0 radical (unpaired) electrons. The molecule has 1 amide bonds. The fourth-order valence-corrected chi connectivity index (χ4v) is 3.30. The third-order valence-electron chi connectivity index (χ3n) is 4.95. The molecule has 1 unspecified atom stereocenters. The van der Waals surface area contributed by atoms with Crippen molar-refractivity contribution in [1.82, 2.24) is 4.57 Å². The molecule has 4 nitrogen and oxygen atoms in total. The molecule has 1 atom stereocenters. The van der Waals surface area contributed by atoms with Crippen molar-refractivity contribution in [1.29, 1.82) is 5.26 Å². The summed E-state index contributed by atoms with van der Waals surface area (Å²) in [5, 5.41) is 13.9. The van der Waals surface area contributed by atoms with Gasteiger partial charge in [0.25, 0.3) is 5.91 Å². The smallest absolute Gasteiger partial charge is 0.266 e. The van der Waals surface area contributed by atoms with Gasteiger partial charge in [-0.3, -0.25) is 4.79 Å². The Labute approximate surface area is 170 Å². The van der Waals surface area contributed by atoms with Crippen LogP contribution in [0.4, 0.5) is 5.69 Å². The monoisotopic (exact) mass is 391 g/mol. The number of hydrogen-bond acceptors (Lipinski definition) is 2. The molecule has 142 valence electrons. The van der Waals surface area contributed by atoms with Crippen molar-refractivity contribution in [3.63, 3.8) is 0 Å². The number of benzene rings is 2. The van der Waals surface area contributed by atoms with Crippen molar-refractivity contribution >= 4 is 40.2 Å². The number of nitriles is 1. The zero-order valence-electron chi connectivity index (χ0n) is 16.2. The lowest BCUT2D eigenvalue weighted by atomic mass is 10.1. The van der Waals surface area contributed by atoms with Gasteiger partial charge in [-0.2, -0.15) is 5.26 Å². The number of nitrogens with zero attached hydrogens (tertiary/aromatic N) is 2. The second kappa shape index (κ2) is 8.33. The van der Waals surface area contributed by atoms with Crippen LogP contribution in [0.15, 0.2) is 54.2 Å². The summed E-state index contributed by atoms with van der Waals surface area (Å²) in [4.78, 5) is 12.7. The minimum Gasteiger partial charge on any atom is -0.344 e. The molecule has 0 bridgehead atoms. The van der Waals surface area contributed by atoms with E-state index in [1.165, 1.54) is 0 Å². The van der Waals surface area contributed by atoms with Gasteiger partial charge in [-0.1, -0.05) is 42.8 Å². The summed E-state index contributed by atoms with van der Waals surface area (Å²) in [5.74, 6) is -0.451. The maximum absolute atomic E-state index is 12.7. The SMILES string of the molecule is CCC(C)n1cc(C=C(C#N)C(=O)Nc2cc(Cl)ccc2C)c2ccccc21. The summed E-state index contributed by atoms with van der Waals surface area (Å²) in [7, 11) is 0. The number of rotatable bonds is 5. The zero-order chi connectivity index (χ0) is 20.3. The molecule has 0 saturated heterocycles. The highest BCUT2D eigenvalue weighted by Gasteiger charge is 2.15. The molecule has 1 aromatic heterocycles. The van der Waals surface area contributed by atoms with Gasteiger partial charge in [0, 0.05) is 39.4 Å². The molecule has 1 N–H and O–H groups in total. The van der Waals surface area contributed by atoms with Gasteiger partial charge < -0.3 is 9.88 Å². The summed E-state index contributed by atoms with van der Waals surface area (Å²) >= 11 is 6.02. The Bertz CT molecular complexity index is 1100. The van der Waals surface area contributed by atoms with E-state index in [9.17, 15) is 10.1 Å². The van der Waals surface area contributed by atoms with Gasteiger partial charge >= 0.3 is 0 Å². The highest BCUT2D eigenvalue weighted by molar-refractivity contribution is 6.31. The zero-order valence-corrected chi connectivity index (χ0v) is 16.9. The molecule has 1 heterocycles. The predicted octanol–water partition coefficient (Wildman–Crippen LogP) is 6.12. The number of amides is 1. The first kappa shape index (κ1) is 19.7. The maximum Gasteiger partial charge on any atom is 0.266 e. The number of para-hydroxylation sites is 1.